The van der Waals surface area contributed by atoms with E-state index in [-0.39, 0.29) is 10.9 Å². The van der Waals surface area contributed by atoms with Crippen LogP contribution in [-0.2, 0) is 15.5 Å². The third-order valence-electron chi connectivity index (χ3n) is 4.20. The number of nitrogens with two attached hydrogens (primary N) is 1. The van der Waals surface area contributed by atoms with Crippen LogP contribution in [0.4, 0.5) is 5.69 Å². The lowest BCUT2D eigenvalue weighted by molar-refractivity contribution is -0.0567. The highest BCUT2D eigenvalue weighted by Crippen LogP contribution is 2.40. The fraction of sp³-hybridized carbons (Fsp3) is 0.600. The number of benzene rings is 1. The Hall–Kier alpha value is -0.520. The molecule has 2 saturated heterocycles. The van der Waals surface area contributed by atoms with E-state index < -0.39 is 10.8 Å². The van der Waals surface area contributed by atoms with E-state index in [0.29, 0.717) is 5.69 Å². The fourth-order valence-electron chi connectivity index (χ4n) is 3.06. The van der Waals surface area contributed by atoms with E-state index in [2.05, 4.69) is 0 Å². The van der Waals surface area contributed by atoms with Gasteiger partial charge in [-0.15, -0.1) is 0 Å². The van der Waals surface area contributed by atoms with Gasteiger partial charge in [0.1, 0.15) is 0 Å². The van der Waals surface area contributed by atoms with Crippen molar-refractivity contribution in [1.29, 1.82) is 0 Å². The van der Waals surface area contributed by atoms with Crippen LogP contribution in [0.1, 0.15) is 24.8 Å². The molecule has 2 aliphatic heterocycles. The van der Waals surface area contributed by atoms with Gasteiger partial charge in [0.2, 0.25) is 0 Å². The van der Waals surface area contributed by atoms with Gasteiger partial charge in [0.25, 0.3) is 0 Å². The first-order valence-electron chi connectivity index (χ1n) is 7.08. The van der Waals surface area contributed by atoms with Crippen molar-refractivity contribution < 1.29 is 8.95 Å². The molecular formula is C15H21NO2S2. The second-order valence-electron chi connectivity index (χ2n) is 5.79. The number of rotatable bonds is 2. The summed E-state index contributed by atoms with van der Waals surface area (Å²) in [4.78, 5) is 0.795. The summed E-state index contributed by atoms with van der Waals surface area (Å²) >= 11 is 1.95. The molecule has 0 amide bonds. The van der Waals surface area contributed by atoms with Gasteiger partial charge in [-0.25, -0.2) is 0 Å². The molecule has 3 atom stereocenters. The summed E-state index contributed by atoms with van der Waals surface area (Å²) in [6.45, 7) is 2.73. The van der Waals surface area contributed by atoms with Crippen LogP contribution in [-0.4, -0.2) is 33.2 Å². The van der Waals surface area contributed by atoms with Gasteiger partial charge in [-0.3, -0.25) is 4.21 Å². The molecule has 1 aromatic carbocycles. The maximum absolute atomic E-state index is 12.8. The first-order chi connectivity index (χ1) is 9.60. The predicted molar refractivity (Wildman–Crippen MR) is 85.6 cm³/mol. The van der Waals surface area contributed by atoms with Crippen molar-refractivity contribution in [2.75, 3.05) is 23.8 Å². The minimum Gasteiger partial charge on any atom is -0.398 e. The van der Waals surface area contributed by atoms with Crippen LogP contribution in [0.3, 0.4) is 0 Å². The Balaban J connectivity index is 1.79. The van der Waals surface area contributed by atoms with Crippen LogP contribution in [0.15, 0.2) is 23.1 Å². The van der Waals surface area contributed by atoms with E-state index >= 15 is 0 Å². The average molecular weight is 311 g/mol. The second-order valence-corrected chi connectivity index (χ2v) is 8.59. The first kappa shape index (κ1) is 14.4. The van der Waals surface area contributed by atoms with E-state index in [0.717, 1.165) is 47.8 Å². The molecule has 0 aliphatic carbocycles. The average Bonchev–Trinajstić information content (AvgIpc) is 2.86. The number of anilines is 1. The number of thioether (sulfide) groups is 1. The van der Waals surface area contributed by atoms with Gasteiger partial charge in [0, 0.05) is 23.3 Å². The van der Waals surface area contributed by atoms with Crippen LogP contribution in [0, 0.1) is 6.92 Å². The monoisotopic (exact) mass is 311 g/mol. The minimum atomic E-state index is -1.03. The Kier molecular flexibility index (Phi) is 4.11. The molecule has 5 heteroatoms. The van der Waals surface area contributed by atoms with Crippen molar-refractivity contribution in [2.45, 2.75) is 41.9 Å². The number of aryl methyl sites for hydroxylation is 1. The zero-order valence-electron chi connectivity index (χ0n) is 11.8. The maximum Gasteiger partial charge on any atom is 0.0791 e. The molecule has 0 saturated carbocycles. The third-order valence-corrected chi connectivity index (χ3v) is 7.24. The molecule has 0 bridgehead atoms. The molecule has 3 rings (SSSR count). The Morgan fingerprint density at radius 3 is 3.05 bits per heavy atom. The number of hydrogen-bond donors (Lipinski definition) is 1. The van der Waals surface area contributed by atoms with Crippen molar-refractivity contribution in [3.8, 4) is 0 Å². The molecule has 2 fully saturated rings. The summed E-state index contributed by atoms with van der Waals surface area (Å²) in [5.41, 5.74) is 7.79. The predicted octanol–water partition coefficient (Wildman–Crippen LogP) is 2.74. The standard InChI is InChI=1S/C15H21NO2S2/c1-11-2-3-14(13(16)8-11)20(17)12-4-6-18-15(9-12)5-7-19-10-15/h2-3,8,12H,4-7,9-10,16H2,1H3. The van der Waals surface area contributed by atoms with Crippen molar-refractivity contribution in [3.63, 3.8) is 0 Å². The second kappa shape index (κ2) is 5.70. The smallest absolute Gasteiger partial charge is 0.0791 e. The lowest BCUT2D eigenvalue weighted by atomic mass is 9.93. The third kappa shape index (κ3) is 2.76. The number of nitrogen functional groups attached to an aromatic ring is 1. The van der Waals surface area contributed by atoms with E-state index in [1.807, 2.05) is 36.9 Å². The SMILES string of the molecule is Cc1ccc(S(=O)C2CCOC3(CCSC3)C2)c(N)c1. The largest absolute Gasteiger partial charge is 0.398 e. The van der Waals surface area contributed by atoms with Crippen molar-refractivity contribution in [1.82, 2.24) is 0 Å². The van der Waals surface area contributed by atoms with Crippen molar-refractivity contribution in [2.24, 2.45) is 0 Å². The van der Waals surface area contributed by atoms with E-state index in [1.54, 1.807) is 0 Å². The van der Waals surface area contributed by atoms with Crippen molar-refractivity contribution >= 4 is 28.2 Å². The highest BCUT2D eigenvalue weighted by Gasteiger charge is 2.42. The van der Waals surface area contributed by atoms with Gasteiger partial charge in [0.05, 0.1) is 21.3 Å². The fourth-order valence-corrected chi connectivity index (χ4v) is 6.06. The molecule has 1 spiro atoms. The Bertz CT molecular complexity index is 527. The van der Waals surface area contributed by atoms with Gasteiger partial charge in [-0.2, -0.15) is 11.8 Å². The van der Waals surface area contributed by atoms with Crippen molar-refractivity contribution in [3.05, 3.63) is 23.8 Å². The van der Waals surface area contributed by atoms with Crippen LogP contribution in [0.2, 0.25) is 0 Å². The molecule has 20 heavy (non-hydrogen) atoms. The molecule has 0 radical (unpaired) electrons. The molecule has 2 aliphatic rings. The molecule has 3 nitrogen and oxygen atoms in total. The van der Waals surface area contributed by atoms with Gasteiger partial charge in [-0.1, -0.05) is 6.07 Å². The number of hydrogen-bond acceptors (Lipinski definition) is 4. The maximum atomic E-state index is 12.8. The van der Waals surface area contributed by atoms with Crippen LogP contribution in [0.25, 0.3) is 0 Å². The zero-order chi connectivity index (χ0) is 14.2. The summed E-state index contributed by atoms with van der Waals surface area (Å²) in [5.74, 6) is 2.20. The van der Waals surface area contributed by atoms with E-state index in [1.165, 1.54) is 0 Å². The topological polar surface area (TPSA) is 52.3 Å². The summed E-state index contributed by atoms with van der Waals surface area (Å²) in [6, 6.07) is 5.82. The quantitative estimate of drug-likeness (QED) is 0.853. The lowest BCUT2D eigenvalue weighted by Gasteiger charge is -2.37. The van der Waals surface area contributed by atoms with Gasteiger partial charge in [0.15, 0.2) is 0 Å². The normalized spacial score (nSPS) is 31.6. The molecule has 1 aromatic rings. The number of ether oxygens (including phenoxy) is 1. The summed E-state index contributed by atoms with van der Waals surface area (Å²) in [7, 11) is -1.03. The van der Waals surface area contributed by atoms with E-state index in [4.69, 9.17) is 10.5 Å². The summed E-state index contributed by atoms with van der Waals surface area (Å²) in [6.07, 6.45) is 2.86. The van der Waals surface area contributed by atoms with Crippen LogP contribution in [0.5, 0.6) is 0 Å². The van der Waals surface area contributed by atoms with Gasteiger partial charge < -0.3 is 10.5 Å². The Morgan fingerprint density at radius 1 is 1.50 bits per heavy atom. The summed E-state index contributed by atoms with van der Waals surface area (Å²) in [5, 5.41) is 0.174. The molecule has 2 N–H and O–H groups in total. The van der Waals surface area contributed by atoms with Crippen LogP contribution < -0.4 is 5.73 Å². The molecular weight excluding hydrogens is 290 g/mol. The summed E-state index contributed by atoms with van der Waals surface area (Å²) < 4.78 is 18.8. The van der Waals surface area contributed by atoms with Gasteiger partial charge in [-0.05, 0) is 49.6 Å². The van der Waals surface area contributed by atoms with Gasteiger partial charge >= 0.3 is 0 Å². The highest BCUT2D eigenvalue weighted by atomic mass is 32.2. The molecule has 2 heterocycles. The first-order valence-corrected chi connectivity index (χ1v) is 9.45. The molecule has 0 aromatic heterocycles. The Labute approximate surface area is 127 Å². The molecule has 3 unspecified atom stereocenters. The molecule has 110 valence electrons. The van der Waals surface area contributed by atoms with Crippen LogP contribution >= 0.6 is 11.8 Å². The van der Waals surface area contributed by atoms with E-state index in [9.17, 15) is 4.21 Å². The lowest BCUT2D eigenvalue weighted by Crippen LogP contribution is -2.43. The zero-order valence-corrected chi connectivity index (χ0v) is 13.4. The minimum absolute atomic E-state index is 0.0251. The Morgan fingerprint density at radius 2 is 2.35 bits per heavy atom. The highest BCUT2D eigenvalue weighted by molar-refractivity contribution is 7.99.